The van der Waals surface area contributed by atoms with Crippen molar-refractivity contribution in [3.63, 3.8) is 0 Å². The van der Waals surface area contributed by atoms with Crippen molar-refractivity contribution in [1.29, 1.82) is 0 Å². The van der Waals surface area contributed by atoms with Gasteiger partial charge in [0, 0.05) is 17.5 Å². The molecule has 0 radical (unpaired) electrons. The summed E-state index contributed by atoms with van der Waals surface area (Å²) in [6.07, 6.45) is 1.36. The Labute approximate surface area is 167 Å². The number of allylic oxidation sites excluding steroid dienone is 1. The Hall–Kier alpha value is -2.80. The number of hydrazine groups is 1. The molecule has 0 unspecified atom stereocenters. The van der Waals surface area contributed by atoms with Crippen molar-refractivity contribution in [3.05, 3.63) is 69.8 Å². The molecule has 0 heterocycles. The monoisotopic (exact) mass is 431 g/mol. The number of benzene rings is 2. The van der Waals surface area contributed by atoms with Gasteiger partial charge in [-0.1, -0.05) is 23.8 Å². The number of ether oxygens (including phenoxy) is 1. The maximum atomic E-state index is 12.0. The second kappa shape index (κ2) is 9.78. The maximum Gasteiger partial charge on any atom is 0.276 e. The van der Waals surface area contributed by atoms with Gasteiger partial charge in [-0.3, -0.25) is 15.0 Å². The van der Waals surface area contributed by atoms with Crippen LogP contribution in [0.4, 0.5) is 5.69 Å². The number of carbonyl (C=O) groups excluding carboxylic acids is 2. The Morgan fingerprint density at radius 2 is 1.70 bits per heavy atom. The quantitative estimate of drug-likeness (QED) is 0.462. The van der Waals surface area contributed by atoms with Crippen molar-refractivity contribution >= 4 is 33.4 Å². The third-order valence-corrected chi connectivity index (χ3v) is 4.13. The Morgan fingerprint density at radius 1 is 1.04 bits per heavy atom. The Morgan fingerprint density at radius 3 is 2.37 bits per heavy atom. The molecule has 6 nitrogen and oxygen atoms in total. The van der Waals surface area contributed by atoms with E-state index in [9.17, 15) is 9.59 Å². The highest BCUT2D eigenvalue weighted by atomic mass is 79.9. The summed E-state index contributed by atoms with van der Waals surface area (Å²) in [5, 5.41) is 2.75. The minimum atomic E-state index is -0.367. The fourth-order valence-electron chi connectivity index (χ4n) is 2.12. The molecule has 0 saturated heterocycles. The van der Waals surface area contributed by atoms with E-state index < -0.39 is 0 Å². The molecule has 0 aliphatic heterocycles. The van der Waals surface area contributed by atoms with Crippen LogP contribution in [0.25, 0.3) is 0 Å². The van der Waals surface area contributed by atoms with Crippen molar-refractivity contribution in [2.45, 2.75) is 20.8 Å². The van der Waals surface area contributed by atoms with Crippen LogP contribution >= 0.6 is 15.9 Å². The minimum Gasteiger partial charge on any atom is -0.483 e. The summed E-state index contributed by atoms with van der Waals surface area (Å²) in [4.78, 5) is 23.8. The smallest absolute Gasteiger partial charge is 0.276 e. The van der Waals surface area contributed by atoms with Gasteiger partial charge in [-0.25, -0.2) is 0 Å². The minimum absolute atomic E-state index is 0.155. The van der Waals surface area contributed by atoms with E-state index in [1.807, 2.05) is 50.2 Å². The standard InChI is InChI=1S/C20H22BrN3O3/c1-13-4-7-16(8-5-13)22-19(25)11-15(3)23-24-20(26)12-27-18-9-6-14(2)10-17(18)21/h4-11,23H,12H2,1-3H3,(H,22,25)(H,24,26). The van der Waals surface area contributed by atoms with Crippen molar-refractivity contribution in [3.8, 4) is 5.75 Å². The molecule has 3 N–H and O–H groups in total. The van der Waals surface area contributed by atoms with Gasteiger partial charge in [0.25, 0.3) is 5.91 Å². The van der Waals surface area contributed by atoms with Gasteiger partial charge in [-0.15, -0.1) is 0 Å². The van der Waals surface area contributed by atoms with Crippen LogP contribution in [0.15, 0.2) is 58.7 Å². The van der Waals surface area contributed by atoms with Gasteiger partial charge in [0.1, 0.15) is 5.75 Å². The fraction of sp³-hybridized carbons (Fsp3) is 0.200. The third kappa shape index (κ3) is 7.15. The number of amides is 2. The largest absolute Gasteiger partial charge is 0.483 e. The molecular formula is C20H22BrN3O3. The van der Waals surface area contributed by atoms with Crippen LogP contribution in [0.5, 0.6) is 5.75 Å². The zero-order valence-electron chi connectivity index (χ0n) is 15.4. The Bertz CT molecular complexity index is 848. The van der Waals surface area contributed by atoms with E-state index in [4.69, 9.17) is 4.74 Å². The normalized spacial score (nSPS) is 10.9. The molecule has 0 aliphatic rings. The molecule has 2 rings (SSSR count). The zero-order chi connectivity index (χ0) is 19.8. The number of halogens is 1. The number of anilines is 1. The summed E-state index contributed by atoms with van der Waals surface area (Å²) in [6.45, 7) is 5.46. The lowest BCUT2D eigenvalue weighted by molar-refractivity contribution is -0.124. The van der Waals surface area contributed by atoms with Crippen LogP contribution < -0.4 is 20.9 Å². The van der Waals surface area contributed by atoms with Gasteiger partial charge in [0.05, 0.1) is 4.47 Å². The molecule has 0 fully saturated rings. The van der Waals surface area contributed by atoms with Gasteiger partial charge in [0.15, 0.2) is 6.61 Å². The third-order valence-electron chi connectivity index (χ3n) is 3.51. The summed E-state index contributed by atoms with van der Waals surface area (Å²) in [5.74, 6) is -0.0763. The maximum absolute atomic E-state index is 12.0. The van der Waals surface area contributed by atoms with Gasteiger partial charge in [-0.2, -0.15) is 0 Å². The second-order valence-electron chi connectivity index (χ2n) is 6.08. The van der Waals surface area contributed by atoms with Crippen LogP contribution in [0.3, 0.4) is 0 Å². The van der Waals surface area contributed by atoms with Crippen LogP contribution in [-0.2, 0) is 9.59 Å². The van der Waals surface area contributed by atoms with Crippen LogP contribution in [0, 0.1) is 13.8 Å². The molecule has 2 amide bonds. The molecule has 0 spiro atoms. The van der Waals surface area contributed by atoms with E-state index >= 15 is 0 Å². The van der Waals surface area contributed by atoms with Gasteiger partial charge < -0.3 is 15.5 Å². The first kappa shape index (κ1) is 20.5. The first-order valence-corrected chi connectivity index (χ1v) is 9.12. The molecule has 0 aromatic heterocycles. The molecule has 142 valence electrons. The molecule has 2 aromatic rings. The average Bonchev–Trinajstić information content (AvgIpc) is 2.61. The van der Waals surface area contributed by atoms with Crippen LogP contribution in [0.1, 0.15) is 18.1 Å². The molecule has 27 heavy (non-hydrogen) atoms. The van der Waals surface area contributed by atoms with E-state index in [1.165, 1.54) is 6.08 Å². The molecule has 2 aromatic carbocycles. The molecule has 0 aliphatic carbocycles. The highest BCUT2D eigenvalue weighted by Crippen LogP contribution is 2.25. The van der Waals surface area contributed by atoms with E-state index in [0.29, 0.717) is 17.1 Å². The summed E-state index contributed by atoms with van der Waals surface area (Å²) >= 11 is 3.39. The van der Waals surface area contributed by atoms with E-state index in [0.717, 1.165) is 15.6 Å². The summed E-state index contributed by atoms with van der Waals surface area (Å²) < 4.78 is 6.24. The number of hydrogen-bond donors (Lipinski definition) is 3. The molecule has 0 atom stereocenters. The Kier molecular flexibility index (Phi) is 7.43. The number of rotatable bonds is 7. The average molecular weight is 432 g/mol. The highest BCUT2D eigenvalue weighted by Gasteiger charge is 2.06. The first-order valence-electron chi connectivity index (χ1n) is 8.33. The molecule has 0 bridgehead atoms. The van der Waals surface area contributed by atoms with Crippen molar-refractivity contribution < 1.29 is 14.3 Å². The van der Waals surface area contributed by atoms with Gasteiger partial charge >= 0.3 is 0 Å². The number of aryl methyl sites for hydroxylation is 2. The molecular weight excluding hydrogens is 410 g/mol. The predicted molar refractivity (Wildman–Crippen MR) is 109 cm³/mol. The van der Waals surface area contributed by atoms with Gasteiger partial charge in [0.2, 0.25) is 5.91 Å². The predicted octanol–water partition coefficient (Wildman–Crippen LogP) is 3.61. The lowest BCUT2D eigenvalue weighted by atomic mass is 10.2. The van der Waals surface area contributed by atoms with E-state index in [1.54, 1.807) is 13.0 Å². The molecule has 0 saturated carbocycles. The summed E-state index contributed by atoms with van der Waals surface area (Å²) in [7, 11) is 0. The topological polar surface area (TPSA) is 79.5 Å². The fourth-order valence-corrected chi connectivity index (χ4v) is 2.73. The van der Waals surface area contributed by atoms with Crippen LogP contribution in [-0.4, -0.2) is 18.4 Å². The van der Waals surface area contributed by atoms with E-state index in [2.05, 4.69) is 32.1 Å². The lowest BCUT2D eigenvalue weighted by Gasteiger charge is -2.11. The van der Waals surface area contributed by atoms with Crippen molar-refractivity contribution in [2.75, 3.05) is 11.9 Å². The van der Waals surface area contributed by atoms with E-state index in [-0.39, 0.29) is 18.4 Å². The van der Waals surface area contributed by atoms with Crippen LogP contribution in [0.2, 0.25) is 0 Å². The highest BCUT2D eigenvalue weighted by molar-refractivity contribution is 9.10. The van der Waals surface area contributed by atoms with Crippen molar-refractivity contribution in [2.24, 2.45) is 0 Å². The SMILES string of the molecule is CC(=CC(=O)Nc1ccc(C)cc1)NNC(=O)COc1ccc(C)cc1Br. The second-order valence-corrected chi connectivity index (χ2v) is 6.93. The number of nitrogens with one attached hydrogen (secondary N) is 3. The number of hydrogen-bond acceptors (Lipinski definition) is 4. The first-order chi connectivity index (χ1) is 12.8. The summed E-state index contributed by atoms with van der Waals surface area (Å²) in [5.41, 5.74) is 8.56. The summed E-state index contributed by atoms with van der Waals surface area (Å²) in [6, 6.07) is 13.1. The Balaban J connectivity index is 1.77. The van der Waals surface area contributed by atoms with Crippen molar-refractivity contribution in [1.82, 2.24) is 10.9 Å². The zero-order valence-corrected chi connectivity index (χ0v) is 17.0. The number of carbonyl (C=O) groups is 2. The lowest BCUT2D eigenvalue weighted by Crippen LogP contribution is -2.39. The van der Waals surface area contributed by atoms with Gasteiger partial charge in [-0.05, 0) is 66.5 Å². The molecule has 7 heteroatoms.